The van der Waals surface area contributed by atoms with Crippen molar-refractivity contribution >= 4 is 39.0 Å². The molecule has 7 heteroatoms. The number of likely N-dealkylation sites (tertiary alicyclic amines) is 1. The zero-order valence-electron chi connectivity index (χ0n) is 24.6. The normalized spacial score (nSPS) is 18.5. The number of hydrogen-bond acceptors (Lipinski definition) is 6. The molecule has 1 aliphatic carbocycles. The highest BCUT2D eigenvalue weighted by atomic mass is 32.1. The summed E-state index contributed by atoms with van der Waals surface area (Å²) in [5.41, 5.74) is 2.22. The minimum atomic E-state index is -0.452. The number of aromatic nitrogens is 1. The van der Waals surface area contributed by atoms with Crippen molar-refractivity contribution in [3.8, 4) is 0 Å². The fourth-order valence-electron chi connectivity index (χ4n) is 6.19. The van der Waals surface area contributed by atoms with Crippen molar-refractivity contribution < 1.29 is 14.4 Å². The number of ketones is 2. The molecule has 1 amide bonds. The highest BCUT2D eigenvalue weighted by Crippen LogP contribution is 2.31. The number of benzene rings is 1. The maximum Gasteiger partial charge on any atom is 0.224 e. The van der Waals surface area contributed by atoms with Crippen LogP contribution in [-0.4, -0.2) is 53.0 Å². The number of hydrogen-bond donors (Lipinski definition) is 1. The van der Waals surface area contributed by atoms with Gasteiger partial charge in [0.25, 0.3) is 0 Å². The summed E-state index contributed by atoms with van der Waals surface area (Å²) in [6, 6.07) is 6.33. The van der Waals surface area contributed by atoms with Gasteiger partial charge in [-0.15, -0.1) is 11.3 Å². The number of amides is 1. The van der Waals surface area contributed by atoms with E-state index in [-0.39, 0.29) is 29.9 Å². The monoisotopic (exact) mass is 565 g/mol. The largest absolute Gasteiger partial charge is 0.353 e. The molecule has 1 aliphatic heterocycles. The van der Waals surface area contributed by atoms with Crippen LogP contribution in [0.25, 0.3) is 10.2 Å². The molecule has 1 saturated carbocycles. The lowest BCUT2D eigenvalue weighted by Crippen LogP contribution is -2.43. The number of piperidine rings is 1. The number of allylic oxidation sites excluding steroid dienone is 1. The number of Topliss-reactive ketones (excluding diaryl/α,β-unsaturated/α-hetero) is 1. The van der Waals surface area contributed by atoms with Gasteiger partial charge in [0.15, 0.2) is 5.78 Å². The molecule has 6 nitrogen and oxygen atoms in total. The van der Waals surface area contributed by atoms with Gasteiger partial charge in [-0.25, -0.2) is 4.98 Å². The molecule has 4 rings (SSSR count). The molecular weight excluding hydrogens is 518 g/mol. The van der Waals surface area contributed by atoms with Crippen LogP contribution in [-0.2, 0) is 20.8 Å². The molecule has 2 aromatic rings. The molecule has 0 bridgehead atoms. The number of nitrogens with one attached hydrogen (secondary N) is 1. The van der Waals surface area contributed by atoms with Gasteiger partial charge in [-0.2, -0.15) is 0 Å². The third-order valence-electron chi connectivity index (χ3n) is 8.56. The van der Waals surface area contributed by atoms with Crippen LogP contribution in [0.1, 0.15) is 101 Å². The quantitative estimate of drug-likeness (QED) is 0.260. The standard InChI is InChI=1S/C33H47N3O3S/c1-23(2)26-13-15-30-31(21-26)40-32(34-30)22-27(20-24(3)37)33(39)35-29(25-10-5-6-11-25)16-14-28(38)12-9-19-36-17-7-4-8-18-36/h9,12-13,15,21,23,25,27,29H,4-8,10-11,14,16-20,22H2,1-3H3,(H,35,39)/b12-9+/t27-,29+/m0/s1. The van der Waals surface area contributed by atoms with Gasteiger partial charge in [-0.3, -0.25) is 14.5 Å². The zero-order chi connectivity index (χ0) is 28.5. The molecule has 2 atom stereocenters. The Bertz CT molecular complexity index is 1170. The Hall–Kier alpha value is -2.38. The minimum Gasteiger partial charge on any atom is -0.353 e. The molecule has 0 unspecified atom stereocenters. The maximum absolute atomic E-state index is 13.6. The Morgan fingerprint density at radius 3 is 2.55 bits per heavy atom. The first kappa shape index (κ1) is 30.6. The Balaban J connectivity index is 1.38. The molecule has 0 spiro atoms. The first-order valence-corrected chi connectivity index (χ1v) is 16.2. The van der Waals surface area contributed by atoms with Crippen LogP contribution >= 0.6 is 11.3 Å². The summed E-state index contributed by atoms with van der Waals surface area (Å²) in [4.78, 5) is 45.7. The molecule has 2 fully saturated rings. The number of carbonyl (C=O) groups is 3. The van der Waals surface area contributed by atoms with E-state index >= 15 is 0 Å². The third kappa shape index (κ3) is 9.07. The van der Waals surface area contributed by atoms with Crippen molar-refractivity contribution in [2.45, 2.75) is 103 Å². The molecular formula is C33H47N3O3S. The Morgan fingerprint density at radius 1 is 1.10 bits per heavy atom. The maximum atomic E-state index is 13.6. The van der Waals surface area contributed by atoms with Gasteiger partial charge in [0.1, 0.15) is 5.78 Å². The minimum absolute atomic E-state index is 0.00907. The van der Waals surface area contributed by atoms with E-state index in [4.69, 9.17) is 4.98 Å². The van der Waals surface area contributed by atoms with Gasteiger partial charge in [0, 0.05) is 31.8 Å². The summed E-state index contributed by atoms with van der Waals surface area (Å²) >= 11 is 1.62. The summed E-state index contributed by atoms with van der Waals surface area (Å²) in [7, 11) is 0. The van der Waals surface area contributed by atoms with Crippen LogP contribution in [0.5, 0.6) is 0 Å². The van der Waals surface area contributed by atoms with E-state index in [9.17, 15) is 14.4 Å². The van der Waals surface area contributed by atoms with Crippen molar-refractivity contribution in [1.82, 2.24) is 15.2 Å². The molecule has 1 aromatic carbocycles. The molecule has 1 aromatic heterocycles. The number of thiazole rings is 1. The predicted octanol–water partition coefficient (Wildman–Crippen LogP) is 6.62. The summed E-state index contributed by atoms with van der Waals surface area (Å²) in [5.74, 6) is 0.438. The van der Waals surface area contributed by atoms with E-state index in [2.05, 4.69) is 42.3 Å². The van der Waals surface area contributed by atoms with Crippen molar-refractivity contribution in [3.63, 3.8) is 0 Å². The van der Waals surface area contributed by atoms with Gasteiger partial charge in [-0.1, -0.05) is 45.3 Å². The van der Waals surface area contributed by atoms with E-state index in [1.54, 1.807) is 24.3 Å². The highest BCUT2D eigenvalue weighted by molar-refractivity contribution is 7.18. The van der Waals surface area contributed by atoms with E-state index in [1.807, 2.05) is 6.08 Å². The van der Waals surface area contributed by atoms with Crippen LogP contribution in [0.15, 0.2) is 30.4 Å². The van der Waals surface area contributed by atoms with Crippen LogP contribution in [0.2, 0.25) is 0 Å². The SMILES string of the molecule is CC(=O)C[C@@H](Cc1nc2ccc(C(C)C)cc2s1)C(=O)N[C@H](CCC(=O)/C=C/CN1CCCCC1)C1CCCC1. The average molecular weight is 566 g/mol. The lowest BCUT2D eigenvalue weighted by Gasteiger charge is -2.27. The van der Waals surface area contributed by atoms with Crippen molar-refractivity contribution in [1.29, 1.82) is 0 Å². The van der Waals surface area contributed by atoms with Crippen molar-refractivity contribution in [2.75, 3.05) is 19.6 Å². The molecule has 218 valence electrons. The van der Waals surface area contributed by atoms with Gasteiger partial charge >= 0.3 is 0 Å². The van der Waals surface area contributed by atoms with Crippen molar-refractivity contribution in [2.24, 2.45) is 11.8 Å². The number of nitrogens with zero attached hydrogens (tertiary/aromatic N) is 2. The van der Waals surface area contributed by atoms with Gasteiger partial charge in [0.2, 0.25) is 5.91 Å². The first-order chi connectivity index (χ1) is 19.3. The van der Waals surface area contributed by atoms with Crippen molar-refractivity contribution in [3.05, 3.63) is 40.9 Å². The smallest absolute Gasteiger partial charge is 0.224 e. The van der Waals surface area contributed by atoms with Crippen LogP contribution in [0.3, 0.4) is 0 Å². The Labute approximate surface area is 244 Å². The van der Waals surface area contributed by atoms with E-state index in [1.165, 1.54) is 37.7 Å². The average Bonchev–Trinajstić information content (AvgIpc) is 3.60. The van der Waals surface area contributed by atoms with E-state index in [0.29, 0.717) is 31.1 Å². The lowest BCUT2D eigenvalue weighted by atomic mass is 9.91. The molecule has 1 saturated heterocycles. The van der Waals surface area contributed by atoms with Crippen LogP contribution < -0.4 is 5.32 Å². The number of carbonyl (C=O) groups excluding carboxylic acids is 3. The number of rotatable bonds is 14. The molecule has 0 radical (unpaired) electrons. The first-order valence-electron chi connectivity index (χ1n) is 15.4. The van der Waals surface area contributed by atoms with Gasteiger partial charge < -0.3 is 10.1 Å². The second-order valence-corrected chi connectivity index (χ2v) is 13.3. The molecule has 40 heavy (non-hydrogen) atoms. The second kappa shape index (κ2) is 15.0. The fraction of sp³-hybridized carbons (Fsp3) is 0.636. The van der Waals surface area contributed by atoms with Gasteiger partial charge in [-0.05, 0) is 87.7 Å². The molecule has 2 aliphatic rings. The predicted molar refractivity (Wildman–Crippen MR) is 164 cm³/mol. The Morgan fingerprint density at radius 2 is 1.85 bits per heavy atom. The molecule has 2 heterocycles. The van der Waals surface area contributed by atoms with Gasteiger partial charge in [0.05, 0.1) is 21.1 Å². The van der Waals surface area contributed by atoms with E-state index in [0.717, 1.165) is 47.7 Å². The summed E-state index contributed by atoms with van der Waals surface area (Å²) < 4.78 is 1.12. The third-order valence-corrected chi connectivity index (χ3v) is 9.60. The molecule has 1 N–H and O–H groups in total. The number of fused-ring (bicyclic) bond motifs is 1. The highest BCUT2D eigenvalue weighted by Gasteiger charge is 2.30. The summed E-state index contributed by atoms with van der Waals surface area (Å²) in [6.45, 7) is 8.98. The zero-order valence-corrected chi connectivity index (χ0v) is 25.4. The fourth-order valence-corrected chi connectivity index (χ4v) is 7.29. The van der Waals surface area contributed by atoms with Crippen LogP contribution in [0, 0.1) is 11.8 Å². The summed E-state index contributed by atoms with van der Waals surface area (Å²) in [5, 5.41) is 4.20. The summed E-state index contributed by atoms with van der Waals surface area (Å²) in [6.07, 6.45) is 13.8. The Kier molecular flexibility index (Phi) is 11.5. The lowest BCUT2D eigenvalue weighted by molar-refractivity contribution is -0.129. The topological polar surface area (TPSA) is 79.4 Å². The second-order valence-electron chi connectivity index (χ2n) is 12.2. The van der Waals surface area contributed by atoms with E-state index < -0.39 is 5.92 Å². The van der Waals surface area contributed by atoms with Crippen LogP contribution in [0.4, 0.5) is 0 Å².